The summed E-state index contributed by atoms with van der Waals surface area (Å²) < 4.78 is 0. The molecule has 2 fully saturated rings. The van der Waals surface area contributed by atoms with E-state index in [2.05, 4.69) is 10.6 Å². The molecule has 0 bridgehead atoms. The molecule has 1 atom stereocenters. The van der Waals surface area contributed by atoms with Gasteiger partial charge in [-0.05, 0) is 61.9 Å². The van der Waals surface area contributed by atoms with Crippen molar-refractivity contribution in [1.82, 2.24) is 10.2 Å². The van der Waals surface area contributed by atoms with E-state index >= 15 is 0 Å². The fourth-order valence-electron chi connectivity index (χ4n) is 4.06. The minimum absolute atomic E-state index is 0.0139. The van der Waals surface area contributed by atoms with Crippen molar-refractivity contribution in [2.24, 2.45) is 11.8 Å². The molecule has 6 heteroatoms. The minimum atomic E-state index is -0.126. The Morgan fingerprint density at radius 3 is 2.15 bits per heavy atom. The van der Waals surface area contributed by atoms with Crippen molar-refractivity contribution in [3.8, 4) is 0 Å². The zero-order valence-electron chi connectivity index (χ0n) is 19.0. The van der Waals surface area contributed by atoms with Crippen molar-refractivity contribution in [3.05, 3.63) is 71.8 Å². The molecule has 2 N–H and O–H groups in total. The molecule has 1 aliphatic heterocycles. The molecule has 1 saturated heterocycles. The maximum atomic E-state index is 12.8. The van der Waals surface area contributed by atoms with Gasteiger partial charge in [0.2, 0.25) is 17.7 Å². The summed E-state index contributed by atoms with van der Waals surface area (Å²) in [6.07, 6.45) is 6.71. The molecule has 172 valence electrons. The van der Waals surface area contributed by atoms with Crippen LogP contribution in [0.2, 0.25) is 0 Å². The van der Waals surface area contributed by atoms with Gasteiger partial charge in [0.15, 0.2) is 0 Å². The summed E-state index contributed by atoms with van der Waals surface area (Å²) >= 11 is 0. The number of nitrogens with one attached hydrogen (secondary N) is 2. The van der Waals surface area contributed by atoms with Crippen LogP contribution >= 0.6 is 0 Å². The van der Waals surface area contributed by atoms with E-state index in [4.69, 9.17) is 0 Å². The number of hydrogen-bond acceptors (Lipinski definition) is 3. The standard InChI is InChI=1S/C27H31N3O3/c1-19(21-10-12-24(13-11-21)29-27(33)22-8-9-22)28-26(32)23-15-17-30(18-16-23)25(31)14-7-20-5-3-2-4-6-20/h2-7,10-14,19,22-23H,8-9,15-18H2,1H3,(H,28,32)(H,29,33). The minimum Gasteiger partial charge on any atom is -0.349 e. The smallest absolute Gasteiger partial charge is 0.246 e. The number of benzene rings is 2. The Hall–Kier alpha value is -3.41. The highest BCUT2D eigenvalue weighted by molar-refractivity contribution is 5.94. The number of carbonyl (C=O) groups excluding carboxylic acids is 3. The maximum absolute atomic E-state index is 12.8. The first kappa shape index (κ1) is 22.8. The van der Waals surface area contributed by atoms with Crippen LogP contribution in [0.15, 0.2) is 60.7 Å². The number of nitrogens with zero attached hydrogens (tertiary/aromatic N) is 1. The number of hydrogen-bond donors (Lipinski definition) is 2. The van der Waals surface area contributed by atoms with Crippen molar-refractivity contribution in [3.63, 3.8) is 0 Å². The molecule has 1 heterocycles. The molecule has 1 aliphatic carbocycles. The van der Waals surface area contributed by atoms with E-state index in [9.17, 15) is 14.4 Å². The zero-order chi connectivity index (χ0) is 23.2. The molecule has 0 radical (unpaired) electrons. The first-order chi connectivity index (χ1) is 16.0. The molecule has 1 saturated carbocycles. The lowest BCUT2D eigenvalue weighted by Crippen LogP contribution is -2.43. The monoisotopic (exact) mass is 445 g/mol. The zero-order valence-corrected chi connectivity index (χ0v) is 19.0. The van der Waals surface area contributed by atoms with Gasteiger partial charge in [-0.15, -0.1) is 0 Å². The van der Waals surface area contributed by atoms with Gasteiger partial charge >= 0.3 is 0 Å². The highest BCUT2D eigenvalue weighted by Gasteiger charge is 2.30. The molecule has 6 nitrogen and oxygen atoms in total. The molecule has 0 spiro atoms. The number of amides is 3. The molecule has 4 rings (SSSR count). The van der Waals surface area contributed by atoms with E-state index in [1.165, 1.54) is 0 Å². The summed E-state index contributed by atoms with van der Waals surface area (Å²) in [5.41, 5.74) is 2.77. The van der Waals surface area contributed by atoms with Crippen LogP contribution in [0.4, 0.5) is 5.69 Å². The third-order valence-electron chi connectivity index (χ3n) is 6.38. The molecule has 2 aromatic rings. The van der Waals surface area contributed by atoms with Crippen LogP contribution in [0.5, 0.6) is 0 Å². The van der Waals surface area contributed by atoms with Gasteiger partial charge in [0, 0.05) is 36.7 Å². The average Bonchev–Trinajstić information content (AvgIpc) is 3.69. The van der Waals surface area contributed by atoms with Crippen LogP contribution in [0.25, 0.3) is 6.08 Å². The van der Waals surface area contributed by atoms with E-state index in [-0.39, 0.29) is 35.6 Å². The topological polar surface area (TPSA) is 78.5 Å². The Morgan fingerprint density at radius 2 is 1.52 bits per heavy atom. The highest BCUT2D eigenvalue weighted by Crippen LogP contribution is 2.30. The summed E-state index contributed by atoms with van der Waals surface area (Å²) in [6.45, 7) is 3.13. The highest BCUT2D eigenvalue weighted by atomic mass is 16.2. The van der Waals surface area contributed by atoms with E-state index in [0.717, 1.165) is 29.7 Å². The van der Waals surface area contributed by atoms with Crippen LogP contribution in [-0.4, -0.2) is 35.7 Å². The Labute approximate surface area is 195 Å². The summed E-state index contributed by atoms with van der Waals surface area (Å²) in [5, 5.41) is 6.03. The molecule has 2 aromatic carbocycles. The molecular weight excluding hydrogens is 414 g/mol. The summed E-state index contributed by atoms with van der Waals surface area (Å²) in [4.78, 5) is 38.9. The first-order valence-electron chi connectivity index (χ1n) is 11.7. The number of rotatable bonds is 7. The van der Waals surface area contributed by atoms with Crippen molar-refractivity contribution in [1.29, 1.82) is 0 Å². The lowest BCUT2D eigenvalue weighted by Gasteiger charge is -2.31. The van der Waals surface area contributed by atoms with E-state index in [1.807, 2.05) is 67.6 Å². The lowest BCUT2D eigenvalue weighted by atomic mass is 9.95. The van der Waals surface area contributed by atoms with Gasteiger partial charge in [-0.25, -0.2) is 0 Å². The Bertz CT molecular complexity index is 1000. The van der Waals surface area contributed by atoms with Crippen LogP contribution in [0.3, 0.4) is 0 Å². The predicted molar refractivity (Wildman–Crippen MR) is 129 cm³/mol. The number of likely N-dealkylation sites (tertiary alicyclic amines) is 1. The van der Waals surface area contributed by atoms with Gasteiger partial charge in [0.25, 0.3) is 0 Å². The van der Waals surface area contributed by atoms with Crippen LogP contribution in [-0.2, 0) is 14.4 Å². The van der Waals surface area contributed by atoms with E-state index < -0.39 is 0 Å². The Morgan fingerprint density at radius 1 is 0.879 bits per heavy atom. The van der Waals surface area contributed by atoms with E-state index in [1.54, 1.807) is 11.0 Å². The Kier molecular flexibility index (Phi) is 7.23. The molecule has 33 heavy (non-hydrogen) atoms. The Balaban J connectivity index is 1.22. The molecule has 0 aromatic heterocycles. The lowest BCUT2D eigenvalue weighted by molar-refractivity contribution is -0.132. The SMILES string of the molecule is CC(NC(=O)C1CCN(C(=O)C=Cc2ccccc2)CC1)c1ccc(NC(=O)C2CC2)cc1. The molecule has 1 unspecified atom stereocenters. The fourth-order valence-corrected chi connectivity index (χ4v) is 4.06. The molecule has 3 amide bonds. The largest absolute Gasteiger partial charge is 0.349 e. The fraction of sp³-hybridized carbons (Fsp3) is 0.370. The van der Waals surface area contributed by atoms with Crippen molar-refractivity contribution < 1.29 is 14.4 Å². The quantitative estimate of drug-likeness (QED) is 0.628. The van der Waals surface area contributed by atoms with Crippen molar-refractivity contribution >= 4 is 29.5 Å². The van der Waals surface area contributed by atoms with E-state index in [0.29, 0.717) is 25.9 Å². The maximum Gasteiger partial charge on any atom is 0.246 e. The number of anilines is 1. The molecule has 2 aliphatic rings. The van der Waals surface area contributed by atoms with Gasteiger partial charge in [-0.2, -0.15) is 0 Å². The first-order valence-corrected chi connectivity index (χ1v) is 11.7. The second-order valence-electron chi connectivity index (χ2n) is 8.96. The van der Waals surface area contributed by atoms with Gasteiger partial charge in [0.05, 0.1) is 6.04 Å². The van der Waals surface area contributed by atoms with Gasteiger partial charge in [-0.3, -0.25) is 14.4 Å². The number of carbonyl (C=O) groups is 3. The third-order valence-corrected chi connectivity index (χ3v) is 6.38. The summed E-state index contributed by atoms with van der Waals surface area (Å²) in [5.74, 6) is 0.182. The predicted octanol–water partition coefficient (Wildman–Crippen LogP) is 4.16. The van der Waals surface area contributed by atoms with Gasteiger partial charge in [-0.1, -0.05) is 42.5 Å². The van der Waals surface area contributed by atoms with Crippen LogP contribution in [0.1, 0.15) is 49.8 Å². The number of piperidine rings is 1. The second-order valence-corrected chi connectivity index (χ2v) is 8.96. The summed E-state index contributed by atoms with van der Waals surface area (Å²) in [6, 6.07) is 17.3. The molecular formula is C27H31N3O3. The van der Waals surface area contributed by atoms with Crippen LogP contribution < -0.4 is 10.6 Å². The third kappa shape index (κ3) is 6.31. The van der Waals surface area contributed by atoms with Crippen molar-refractivity contribution in [2.75, 3.05) is 18.4 Å². The van der Waals surface area contributed by atoms with Crippen LogP contribution in [0, 0.1) is 11.8 Å². The van der Waals surface area contributed by atoms with Gasteiger partial charge < -0.3 is 15.5 Å². The average molecular weight is 446 g/mol. The summed E-state index contributed by atoms with van der Waals surface area (Å²) in [7, 11) is 0. The normalized spacial score (nSPS) is 17.5. The second kappa shape index (κ2) is 10.5. The van der Waals surface area contributed by atoms with Gasteiger partial charge in [0.1, 0.15) is 0 Å². The van der Waals surface area contributed by atoms with Crippen molar-refractivity contribution in [2.45, 2.75) is 38.6 Å².